The Balaban J connectivity index is 1.17. The molecule has 0 unspecified atom stereocenters. The molecular weight excluding hydrogens is 510 g/mol. The van der Waals surface area contributed by atoms with E-state index in [9.17, 15) is 9.59 Å². The van der Waals surface area contributed by atoms with Gasteiger partial charge in [-0.15, -0.1) is 10.2 Å². The zero-order valence-electron chi connectivity index (χ0n) is 23.8. The van der Waals surface area contributed by atoms with Crippen LogP contribution in [0.25, 0.3) is 22.4 Å². The fourth-order valence-electron chi connectivity index (χ4n) is 5.05. The molecule has 3 aromatic carbocycles. The molecule has 4 aromatic rings. The van der Waals surface area contributed by atoms with Gasteiger partial charge in [0.1, 0.15) is 6.54 Å². The lowest BCUT2D eigenvalue weighted by Crippen LogP contribution is -2.52. The fourth-order valence-corrected chi connectivity index (χ4v) is 5.05. The average Bonchev–Trinajstić information content (AvgIpc) is 3.05. The fraction of sp³-hybridized carbons (Fsp3) is 0.294. The van der Waals surface area contributed by atoms with Crippen molar-refractivity contribution in [3.05, 3.63) is 103 Å². The van der Waals surface area contributed by atoms with Crippen molar-refractivity contribution in [3.8, 4) is 22.4 Å². The molecule has 0 bridgehead atoms. The van der Waals surface area contributed by atoms with Crippen molar-refractivity contribution < 1.29 is 9.59 Å². The molecule has 1 fully saturated rings. The van der Waals surface area contributed by atoms with Gasteiger partial charge in [0.05, 0.1) is 5.69 Å². The van der Waals surface area contributed by atoms with Crippen molar-refractivity contribution in [2.24, 2.45) is 5.92 Å². The summed E-state index contributed by atoms with van der Waals surface area (Å²) in [5.41, 5.74) is 4.81. The predicted molar refractivity (Wildman–Crippen MR) is 163 cm³/mol. The first-order chi connectivity index (χ1) is 20.0. The lowest BCUT2D eigenvalue weighted by Gasteiger charge is -2.36. The molecule has 5 rings (SSSR count). The minimum absolute atomic E-state index is 0.0161. The number of benzene rings is 3. The van der Waals surface area contributed by atoms with Gasteiger partial charge in [-0.25, -0.2) is 0 Å². The molecule has 0 spiro atoms. The van der Waals surface area contributed by atoms with Crippen molar-refractivity contribution in [2.75, 3.05) is 44.2 Å². The van der Waals surface area contributed by atoms with Crippen LogP contribution < -0.4 is 4.90 Å². The molecule has 7 heteroatoms. The van der Waals surface area contributed by atoms with E-state index in [1.165, 1.54) is 11.1 Å². The number of anilines is 1. The second-order valence-electron chi connectivity index (χ2n) is 10.7. The van der Waals surface area contributed by atoms with E-state index in [0.717, 1.165) is 23.5 Å². The van der Waals surface area contributed by atoms with Crippen molar-refractivity contribution in [1.29, 1.82) is 0 Å². The van der Waals surface area contributed by atoms with Crippen LogP contribution >= 0.6 is 0 Å². The van der Waals surface area contributed by atoms with E-state index in [1.807, 2.05) is 53.4 Å². The Bertz CT molecular complexity index is 1420. The van der Waals surface area contributed by atoms with Gasteiger partial charge < -0.3 is 14.7 Å². The van der Waals surface area contributed by atoms with Crippen LogP contribution in [0.3, 0.4) is 0 Å². The smallest absolute Gasteiger partial charge is 0.254 e. The lowest BCUT2D eigenvalue weighted by atomic mass is 10.0. The molecule has 1 saturated heterocycles. The van der Waals surface area contributed by atoms with E-state index in [0.29, 0.717) is 44.2 Å². The number of carbonyl (C=O) groups excluding carboxylic acids is 2. The van der Waals surface area contributed by atoms with Gasteiger partial charge in [0.2, 0.25) is 5.91 Å². The highest BCUT2D eigenvalue weighted by Gasteiger charge is 2.26. The molecule has 0 N–H and O–H groups in total. The molecule has 210 valence electrons. The van der Waals surface area contributed by atoms with Crippen molar-refractivity contribution >= 4 is 17.6 Å². The largest absolute Gasteiger partial charge is 0.352 e. The zero-order chi connectivity index (χ0) is 28.6. The van der Waals surface area contributed by atoms with E-state index < -0.39 is 0 Å². The Morgan fingerprint density at radius 3 is 1.98 bits per heavy atom. The second kappa shape index (κ2) is 13.2. The van der Waals surface area contributed by atoms with Crippen molar-refractivity contribution in [1.82, 2.24) is 20.0 Å². The van der Waals surface area contributed by atoms with E-state index in [1.54, 1.807) is 17.0 Å². The normalized spacial score (nSPS) is 14.0. The number of carbonyl (C=O) groups is 2. The average molecular weight is 548 g/mol. The molecule has 2 heterocycles. The van der Waals surface area contributed by atoms with Crippen LogP contribution in [-0.4, -0.2) is 71.1 Å². The predicted octanol–water partition coefficient (Wildman–Crippen LogP) is 5.65. The third-order valence-electron chi connectivity index (χ3n) is 7.76. The number of hydrogen-bond acceptors (Lipinski definition) is 5. The lowest BCUT2D eigenvalue weighted by molar-refractivity contribution is -0.132. The maximum atomic E-state index is 13.3. The molecular formula is C34H37N5O2. The van der Waals surface area contributed by atoms with Crippen LogP contribution in [0.1, 0.15) is 30.6 Å². The summed E-state index contributed by atoms with van der Waals surface area (Å²) in [7, 11) is 0. The topological polar surface area (TPSA) is 69.6 Å². The SMILES string of the molecule is CC[C@@H](C)CN(CC(=O)N1CCN(c2ccc(-c3ccc(-c4ccccc4)cc3)nn2)CC1)C(=O)c1ccccc1. The maximum absolute atomic E-state index is 13.3. The summed E-state index contributed by atoms with van der Waals surface area (Å²) in [5, 5.41) is 8.98. The number of hydrogen-bond donors (Lipinski definition) is 0. The summed E-state index contributed by atoms with van der Waals surface area (Å²) < 4.78 is 0. The Morgan fingerprint density at radius 2 is 1.37 bits per heavy atom. The molecule has 0 aliphatic carbocycles. The van der Waals surface area contributed by atoms with Gasteiger partial charge in [0, 0.05) is 43.9 Å². The summed E-state index contributed by atoms with van der Waals surface area (Å²) in [6, 6.07) is 31.9. The summed E-state index contributed by atoms with van der Waals surface area (Å²) in [4.78, 5) is 32.2. The van der Waals surface area contributed by atoms with Crippen LogP contribution in [0.4, 0.5) is 5.82 Å². The van der Waals surface area contributed by atoms with Gasteiger partial charge in [0.25, 0.3) is 5.91 Å². The van der Waals surface area contributed by atoms with Crippen LogP contribution in [0, 0.1) is 5.92 Å². The summed E-state index contributed by atoms with van der Waals surface area (Å²) in [6.07, 6.45) is 0.949. The van der Waals surface area contributed by atoms with Crippen LogP contribution in [0.15, 0.2) is 97.1 Å². The molecule has 1 atom stereocenters. The van der Waals surface area contributed by atoms with Crippen LogP contribution in [-0.2, 0) is 4.79 Å². The molecule has 1 aliphatic rings. The molecule has 0 radical (unpaired) electrons. The number of amides is 2. The van der Waals surface area contributed by atoms with Gasteiger partial charge in [-0.2, -0.15) is 0 Å². The minimum Gasteiger partial charge on any atom is -0.352 e. The number of nitrogens with zero attached hydrogens (tertiary/aromatic N) is 5. The highest BCUT2D eigenvalue weighted by atomic mass is 16.2. The highest BCUT2D eigenvalue weighted by molar-refractivity contribution is 5.96. The van der Waals surface area contributed by atoms with Crippen LogP contribution in [0.2, 0.25) is 0 Å². The molecule has 1 aromatic heterocycles. The summed E-state index contributed by atoms with van der Waals surface area (Å²) >= 11 is 0. The maximum Gasteiger partial charge on any atom is 0.254 e. The van der Waals surface area contributed by atoms with Gasteiger partial charge >= 0.3 is 0 Å². The quantitative estimate of drug-likeness (QED) is 0.271. The Labute approximate surface area is 242 Å². The molecule has 1 aliphatic heterocycles. The Hall–Kier alpha value is -4.52. The second-order valence-corrected chi connectivity index (χ2v) is 10.7. The molecule has 7 nitrogen and oxygen atoms in total. The molecule has 2 amide bonds. The summed E-state index contributed by atoms with van der Waals surface area (Å²) in [6.45, 7) is 7.38. The van der Waals surface area contributed by atoms with E-state index in [2.05, 4.69) is 65.3 Å². The number of piperazine rings is 1. The highest BCUT2D eigenvalue weighted by Crippen LogP contribution is 2.24. The van der Waals surface area contributed by atoms with Gasteiger partial charge in [0.15, 0.2) is 5.82 Å². The first-order valence-corrected chi connectivity index (χ1v) is 14.4. The van der Waals surface area contributed by atoms with E-state index in [-0.39, 0.29) is 18.4 Å². The third-order valence-corrected chi connectivity index (χ3v) is 7.76. The third kappa shape index (κ3) is 6.98. The van der Waals surface area contributed by atoms with E-state index in [4.69, 9.17) is 0 Å². The van der Waals surface area contributed by atoms with Crippen molar-refractivity contribution in [3.63, 3.8) is 0 Å². The molecule has 0 saturated carbocycles. The molecule has 41 heavy (non-hydrogen) atoms. The van der Waals surface area contributed by atoms with Crippen LogP contribution in [0.5, 0.6) is 0 Å². The van der Waals surface area contributed by atoms with Crippen molar-refractivity contribution in [2.45, 2.75) is 20.3 Å². The first-order valence-electron chi connectivity index (χ1n) is 14.4. The zero-order valence-corrected chi connectivity index (χ0v) is 23.8. The number of aromatic nitrogens is 2. The Morgan fingerprint density at radius 1 is 0.756 bits per heavy atom. The standard InChI is InChI=1S/C34H37N5O2/c1-3-26(2)24-39(34(41)30-12-8-5-9-13-30)25-33(40)38-22-20-37(21-23-38)32-19-18-31(35-36-32)29-16-14-28(15-17-29)27-10-6-4-7-11-27/h4-19,26H,3,20-25H2,1-2H3/t26-/m1/s1. The Kier molecular flexibility index (Phi) is 9.04. The van der Waals surface area contributed by atoms with E-state index >= 15 is 0 Å². The number of rotatable bonds is 9. The van der Waals surface area contributed by atoms with Gasteiger partial charge in [-0.3, -0.25) is 9.59 Å². The minimum atomic E-state index is -0.0945. The van der Waals surface area contributed by atoms with Gasteiger partial charge in [-0.05, 0) is 41.3 Å². The summed E-state index contributed by atoms with van der Waals surface area (Å²) in [5.74, 6) is 1.01. The monoisotopic (exact) mass is 547 g/mol. The van der Waals surface area contributed by atoms with Gasteiger partial charge in [-0.1, -0.05) is 93.1 Å². The first kappa shape index (κ1) is 28.0.